The molecule has 122 valence electrons. The standard InChI is InChI=1S/C18H20O5/c1-5-23-15(19)11-10-14-12-8-6-7-9-13(12)16(20-2)18(22-4)17(14)21-3/h6-11H,5H2,1-4H3/b11-10+. The van der Waals surface area contributed by atoms with Gasteiger partial charge >= 0.3 is 5.97 Å². The second-order valence-corrected chi connectivity index (χ2v) is 4.64. The maximum absolute atomic E-state index is 11.6. The maximum atomic E-state index is 11.6. The van der Waals surface area contributed by atoms with E-state index < -0.39 is 5.97 Å². The molecule has 23 heavy (non-hydrogen) atoms. The molecule has 0 bridgehead atoms. The lowest BCUT2D eigenvalue weighted by molar-refractivity contribution is -0.137. The molecule has 0 heterocycles. The fraction of sp³-hybridized carbons (Fsp3) is 0.278. The molecule has 0 aromatic heterocycles. The largest absolute Gasteiger partial charge is 0.492 e. The van der Waals surface area contributed by atoms with Gasteiger partial charge in [0.15, 0.2) is 11.5 Å². The molecule has 0 spiro atoms. The Morgan fingerprint density at radius 1 is 0.957 bits per heavy atom. The molecule has 5 heteroatoms. The van der Waals surface area contributed by atoms with E-state index >= 15 is 0 Å². The lowest BCUT2D eigenvalue weighted by Gasteiger charge is -2.17. The molecule has 0 aliphatic carbocycles. The molecule has 0 atom stereocenters. The highest BCUT2D eigenvalue weighted by atomic mass is 16.5. The van der Waals surface area contributed by atoms with Crippen LogP contribution in [0.4, 0.5) is 0 Å². The monoisotopic (exact) mass is 316 g/mol. The molecule has 5 nitrogen and oxygen atoms in total. The molecule has 0 aliphatic heterocycles. The molecule has 2 aromatic rings. The summed E-state index contributed by atoms with van der Waals surface area (Å²) in [6.45, 7) is 2.09. The van der Waals surface area contributed by atoms with E-state index in [1.54, 1.807) is 34.3 Å². The number of fused-ring (bicyclic) bond motifs is 1. The Balaban J connectivity index is 2.73. The average molecular weight is 316 g/mol. The predicted octanol–water partition coefficient (Wildman–Crippen LogP) is 3.44. The van der Waals surface area contributed by atoms with E-state index in [2.05, 4.69) is 0 Å². The summed E-state index contributed by atoms with van der Waals surface area (Å²) in [6.07, 6.45) is 3.04. The van der Waals surface area contributed by atoms with Gasteiger partial charge in [-0.15, -0.1) is 0 Å². The summed E-state index contributed by atoms with van der Waals surface area (Å²) in [5.74, 6) is 1.17. The number of rotatable bonds is 6. The van der Waals surface area contributed by atoms with Crippen molar-refractivity contribution in [1.29, 1.82) is 0 Å². The molecule has 0 N–H and O–H groups in total. The second-order valence-electron chi connectivity index (χ2n) is 4.64. The first-order valence-corrected chi connectivity index (χ1v) is 7.23. The molecule has 0 saturated heterocycles. The van der Waals surface area contributed by atoms with Crippen molar-refractivity contribution in [2.45, 2.75) is 6.92 Å². The molecule has 0 fully saturated rings. The zero-order valence-corrected chi connectivity index (χ0v) is 13.7. The SMILES string of the molecule is CCOC(=O)/C=C/c1c(OC)c(OC)c(OC)c2ccccc12. The quantitative estimate of drug-likeness (QED) is 0.603. The van der Waals surface area contributed by atoms with E-state index in [-0.39, 0.29) is 0 Å². The van der Waals surface area contributed by atoms with Gasteiger partial charge in [0.2, 0.25) is 5.75 Å². The van der Waals surface area contributed by atoms with Crippen LogP contribution in [0.25, 0.3) is 16.8 Å². The van der Waals surface area contributed by atoms with E-state index in [1.165, 1.54) is 6.08 Å². The van der Waals surface area contributed by atoms with Gasteiger partial charge in [-0.3, -0.25) is 0 Å². The first-order valence-electron chi connectivity index (χ1n) is 7.23. The summed E-state index contributed by atoms with van der Waals surface area (Å²) in [5.41, 5.74) is 0.730. The van der Waals surface area contributed by atoms with Crippen molar-refractivity contribution in [1.82, 2.24) is 0 Å². The van der Waals surface area contributed by atoms with Crippen LogP contribution in [0.1, 0.15) is 12.5 Å². The number of carbonyl (C=O) groups is 1. The van der Waals surface area contributed by atoms with Crippen molar-refractivity contribution < 1.29 is 23.7 Å². The van der Waals surface area contributed by atoms with Crippen LogP contribution in [-0.2, 0) is 9.53 Å². The topological polar surface area (TPSA) is 54.0 Å². The molecular formula is C18H20O5. The zero-order chi connectivity index (χ0) is 16.8. The Morgan fingerprint density at radius 2 is 1.57 bits per heavy atom. The van der Waals surface area contributed by atoms with Crippen LogP contribution >= 0.6 is 0 Å². The molecule has 0 saturated carbocycles. The van der Waals surface area contributed by atoms with Crippen molar-refractivity contribution in [2.24, 2.45) is 0 Å². The van der Waals surface area contributed by atoms with Crippen LogP contribution in [0.5, 0.6) is 17.2 Å². The number of esters is 1. The van der Waals surface area contributed by atoms with Crippen molar-refractivity contribution in [2.75, 3.05) is 27.9 Å². The third-order valence-electron chi connectivity index (χ3n) is 3.40. The second kappa shape index (κ2) is 7.54. The third-order valence-corrected chi connectivity index (χ3v) is 3.40. The zero-order valence-electron chi connectivity index (χ0n) is 13.7. The average Bonchev–Trinajstić information content (AvgIpc) is 2.58. The highest BCUT2D eigenvalue weighted by Crippen LogP contribution is 2.47. The van der Waals surface area contributed by atoms with E-state index in [0.717, 1.165) is 16.3 Å². The Kier molecular flexibility index (Phi) is 5.46. The highest BCUT2D eigenvalue weighted by molar-refractivity contribution is 6.02. The Labute approximate surface area is 135 Å². The van der Waals surface area contributed by atoms with Crippen LogP contribution in [-0.4, -0.2) is 33.9 Å². The van der Waals surface area contributed by atoms with E-state index in [4.69, 9.17) is 18.9 Å². The van der Waals surface area contributed by atoms with Gasteiger partial charge in [-0.25, -0.2) is 4.79 Å². The summed E-state index contributed by atoms with van der Waals surface area (Å²) >= 11 is 0. The first kappa shape index (κ1) is 16.7. The molecule has 2 aromatic carbocycles. The summed E-state index contributed by atoms with van der Waals surface area (Å²) in [4.78, 5) is 11.6. The van der Waals surface area contributed by atoms with E-state index in [0.29, 0.717) is 23.9 Å². The number of benzene rings is 2. The number of hydrogen-bond acceptors (Lipinski definition) is 5. The minimum absolute atomic E-state index is 0.326. The number of carbonyl (C=O) groups excluding carboxylic acids is 1. The lowest BCUT2D eigenvalue weighted by atomic mass is 10.0. The Morgan fingerprint density at radius 3 is 2.13 bits per heavy atom. The molecule has 0 aliphatic rings. The molecule has 0 amide bonds. The van der Waals surface area contributed by atoms with Crippen molar-refractivity contribution in [3.05, 3.63) is 35.9 Å². The predicted molar refractivity (Wildman–Crippen MR) is 89.3 cm³/mol. The van der Waals surface area contributed by atoms with Crippen molar-refractivity contribution in [3.63, 3.8) is 0 Å². The first-order chi connectivity index (χ1) is 11.2. The van der Waals surface area contributed by atoms with Gasteiger partial charge in [-0.05, 0) is 18.4 Å². The van der Waals surface area contributed by atoms with Crippen molar-refractivity contribution >= 4 is 22.8 Å². The van der Waals surface area contributed by atoms with Crippen LogP contribution in [0, 0.1) is 0 Å². The summed E-state index contributed by atoms with van der Waals surface area (Å²) in [5, 5.41) is 1.76. The van der Waals surface area contributed by atoms with Gasteiger partial charge in [-0.2, -0.15) is 0 Å². The third kappa shape index (κ3) is 3.23. The maximum Gasteiger partial charge on any atom is 0.330 e. The van der Waals surface area contributed by atoms with Gasteiger partial charge in [-0.1, -0.05) is 24.3 Å². The number of ether oxygens (including phenoxy) is 4. The Hall–Kier alpha value is -2.69. The summed E-state index contributed by atoms with van der Waals surface area (Å²) in [7, 11) is 4.68. The van der Waals surface area contributed by atoms with Gasteiger partial charge < -0.3 is 18.9 Å². The van der Waals surface area contributed by atoms with Crippen molar-refractivity contribution in [3.8, 4) is 17.2 Å². The van der Waals surface area contributed by atoms with E-state index in [9.17, 15) is 4.79 Å². The molecule has 0 unspecified atom stereocenters. The normalized spacial score (nSPS) is 10.8. The fourth-order valence-electron chi connectivity index (χ4n) is 2.48. The summed E-state index contributed by atoms with van der Waals surface area (Å²) < 4.78 is 21.4. The van der Waals surface area contributed by atoms with Crippen LogP contribution in [0.2, 0.25) is 0 Å². The van der Waals surface area contributed by atoms with Gasteiger partial charge in [0, 0.05) is 17.0 Å². The molecule has 2 rings (SSSR count). The van der Waals surface area contributed by atoms with Crippen LogP contribution in [0.15, 0.2) is 30.3 Å². The molecular weight excluding hydrogens is 296 g/mol. The van der Waals surface area contributed by atoms with E-state index in [1.807, 2.05) is 24.3 Å². The summed E-state index contributed by atoms with van der Waals surface area (Å²) in [6, 6.07) is 7.69. The lowest BCUT2D eigenvalue weighted by Crippen LogP contribution is -2.01. The van der Waals surface area contributed by atoms with Crippen LogP contribution in [0.3, 0.4) is 0 Å². The highest BCUT2D eigenvalue weighted by Gasteiger charge is 2.20. The van der Waals surface area contributed by atoms with Crippen LogP contribution < -0.4 is 14.2 Å². The number of methoxy groups -OCH3 is 3. The van der Waals surface area contributed by atoms with Gasteiger partial charge in [0.05, 0.1) is 27.9 Å². The van der Waals surface area contributed by atoms with Gasteiger partial charge in [0.1, 0.15) is 0 Å². The van der Waals surface area contributed by atoms with Gasteiger partial charge in [0.25, 0.3) is 0 Å². The minimum atomic E-state index is -0.409. The Bertz CT molecular complexity index is 734. The fourth-order valence-corrected chi connectivity index (χ4v) is 2.48. The number of hydrogen-bond donors (Lipinski definition) is 0. The minimum Gasteiger partial charge on any atom is -0.492 e. The smallest absolute Gasteiger partial charge is 0.330 e. The molecule has 0 radical (unpaired) electrons.